The molecular weight excluding hydrogens is 401 g/mol. The molecule has 33 heavy (non-hydrogen) atoms. The highest BCUT2D eigenvalue weighted by molar-refractivity contribution is 6.08. The summed E-state index contributed by atoms with van der Waals surface area (Å²) in [7, 11) is 2.31. The summed E-state index contributed by atoms with van der Waals surface area (Å²) in [6.45, 7) is 10.0. The van der Waals surface area contributed by atoms with Gasteiger partial charge in [0.05, 0.1) is 17.9 Å². The van der Waals surface area contributed by atoms with Gasteiger partial charge in [0.25, 0.3) is 0 Å². The smallest absolute Gasteiger partial charge is 0.101 e. The van der Waals surface area contributed by atoms with Crippen molar-refractivity contribution in [1.29, 1.82) is 0 Å². The monoisotopic (exact) mass is 459 g/mol. The Kier molecular flexibility index (Phi) is 18.8. The molecule has 0 aliphatic carbocycles. The van der Waals surface area contributed by atoms with Crippen molar-refractivity contribution in [3.8, 4) is 0 Å². The Morgan fingerprint density at radius 3 is 1.21 bits per heavy atom. The minimum Gasteiger partial charge on any atom is -0.185 e. The predicted molar refractivity (Wildman–Crippen MR) is 149 cm³/mol. The lowest BCUT2D eigenvalue weighted by Gasteiger charge is -2.20. The van der Waals surface area contributed by atoms with Crippen LogP contribution in [0.15, 0.2) is 0 Å². The van der Waals surface area contributed by atoms with E-state index in [9.17, 15) is 0 Å². The second kappa shape index (κ2) is 20.6. The number of rotatable bonds is 23. The molecule has 1 unspecified atom stereocenters. The molecule has 0 aromatic carbocycles. The van der Waals surface area contributed by atoms with E-state index in [2.05, 4.69) is 35.5 Å². The largest absolute Gasteiger partial charge is 0.185 e. The molecule has 0 spiro atoms. The summed E-state index contributed by atoms with van der Waals surface area (Å²) >= 11 is 0. The van der Waals surface area contributed by atoms with Crippen LogP contribution in [0.1, 0.15) is 173 Å². The molecule has 0 amide bonds. The summed E-state index contributed by atoms with van der Waals surface area (Å²) in [6, 6.07) is 0. The summed E-state index contributed by atoms with van der Waals surface area (Å²) in [6.07, 6.45) is 26.8. The van der Waals surface area contributed by atoms with Gasteiger partial charge in [-0.15, -0.1) is 0 Å². The van der Waals surface area contributed by atoms with E-state index in [1.807, 2.05) is 4.80 Å². The fraction of sp³-hybridized carbons (Fsp3) is 0.931. The SMILES string of the molecule is BCCCCCC(CCCCCC)c1nn(CC)nc1C(CCCCCC)CCCCCC. The Balaban J connectivity index is 3.03. The standard InChI is InChI=1S/C29H58BN3/c1-5-9-12-16-21-26(22-17-13-10-6-2)28-29(32-33(8-4)31-28)27(23-18-14-11-7-3)24-19-15-20-25-30/h26-27H,5-25,30H2,1-4H3. The maximum absolute atomic E-state index is 5.14. The average molecular weight is 460 g/mol. The van der Waals surface area contributed by atoms with E-state index < -0.39 is 0 Å². The van der Waals surface area contributed by atoms with E-state index in [4.69, 9.17) is 10.2 Å². The summed E-state index contributed by atoms with van der Waals surface area (Å²) in [5, 5.41) is 10.3. The third kappa shape index (κ3) is 13.0. The van der Waals surface area contributed by atoms with Crippen molar-refractivity contribution in [1.82, 2.24) is 15.0 Å². The summed E-state index contributed by atoms with van der Waals surface area (Å²) in [4.78, 5) is 2.01. The van der Waals surface area contributed by atoms with Gasteiger partial charge >= 0.3 is 0 Å². The molecule has 0 fully saturated rings. The van der Waals surface area contributed by atoms with Crippen LogP contribution in [0.3, 0.4) is 0 Å². The first kappa shape index (κ1) is 30.2. The van der Waals surface area contributed by atoms with Crippen LogP contribution in [0, 0.1) is 0 Å². The van der Waals surface area contributed by atoms with Crippen LogP contribution in [0.4, 0.5) is 0 Å². The number of unbranched alkanes of at least 4 members (excludes halogenated alkanes) is 11. The molecule has 1 heterocycles. The van der Waals surface area contributed by atoms with E-state index in [0.29, 0.717) is 11.8 Å². The lowest BCUT2D eigenvalue weighted by atomic mass is 9.84. The van der Waals surface area contributed by atoms with Gasteiger partial charge in [0.1, 0.15) is 7.85 Å². The molecule has 0 aliphatic rings. The number of aromatic nitrogens is 3. The molecule has 1 aromatic rings. The first-order valence-electron chi connectivity index (χ1n) is 15.2. The Morgan fingerprint density at radius 2 is 0.909 bits per heavy atom. The van der Waals surface area contributed by atoms with Gasteiger partial charge < -0.3 is 0 Å². The molecule has 0 N–H and O–H groups in total. The molecule has 0 aliphatic heterocycles. The number of nitrogens with zero attached hydrogens (tertiary/aromatic N) is 3. The van der Waals surface area contributed by atoms with Gasteiger partial charge in [-0.3, -0.25) is 0 Å². The molecule has 0 saturated carbocycles. The molecule has 0 radical (unpaired) electrons. The van der Waals surface area contributed by atoms with Crippen molar-refractivity contribution in [2.45, 2.75) is 174 Å². The highest BCUT2D eigenvalue weighted by atomic mass is 15.5. The molecule has 1 rings (SSSR count). The average Bonchev–Trinajstić information content (AvgIpc) is 3.26. The summed E-state index contributed by atoms with van der Waals surface area (Å²) < 4.78 is 0. The predicted octanol–water partition coefficient (Wildman–Crippen LogP) is 8.99. The topological polar surface area (TPSA) is 30.7 Å². The van der Waals surface area contributed by atoms with Gasteiger partial charge in [-0.2, -0.15) is 15.0 Å². The highest BCUT2D eigenvalue weighted by Gasteiger charge is 2.26. The zero-order valence-electron chi connectivity index (χ0n) is 23.3. The van der Waals surface area contributed by atoms with Crippen LogP contribution < -0.4 is 0 Å². The van der Waals surface area contributed by atoms with Crippen molar-refractivity contribution in [3.05, 3.63) is 11.4 Å². The maximum atomic E-state index is 5.14. The number of aryl methyl sites for hydroxylation is 1. The quantitative estimate of drug-likeness (QED) is 0.121. The summed E-state index contributed by atoms with van der Waals surface area (Å²) in [5.41, 5.74) is 2.78. The van der Waals surface area contributed by atoms with Crippen molar-refractivity contribution < 1.29 is 0 Å². The molecule has 192 valence electrons. The van der Waals surface area contributed by atoms with E-state index in [0.717, 1.165) is 6.54 Å². The van der Waals surface area contributed by atoms with Crippen molar-refractivity contribution in [2.75, 3.05) is 0 Å². The second-order valence-electron chi connectivity index (χ2n) is 10.5. The highest BCUT2D eigenvalue weighted by Crippen LogP contribution is 2.36. The van der Waals surface area contributed by atoms with Crippen molar-refractivity contribution in [2.24, 2.45) is 0 Å². The third-order valence-electron chi connectivity index (χ3n) is 7.39. The minimum absolute atomic E-state index is 0.614. The van der Waals surface area contributed by atoms with Crippen LogP contribution >= 0.6 is 0 Å². The van der Waals surface area contributed by atoms with Gasteiger partial charge in [0.15, 0.2) is 0 Å². The van der Waals surface area contributed by atoms with Crippen molar-refractivity contribution in [3.63, 3.8) is 0 Å². The lowest BCUT2D eigenvalue weighted by Crippen LogP contribution is -2.09. The summed E-state index contributed by atoms with van der Waals surface area (Å²) in [5.74, 6) is 1.23. The lowest BCUT2D eigenvalue weighted by molar-refractivity contribution is 0.464. The van der Waals surface area contributed by atoms with Gasteiger partial charge in [-0.1, -0.05) is 123 Å². The van der Waals surface area contributed by atoms with E-state index in [-0.39, 0.29) is 0 Å². The first-order valence-corrected chi connectivity index (χ1v) is 15.2. The molecule has 0 saturated heterocycles. The zero-order valence-corrected chi connectivity index (χ0v) is 23.3. The number of hydrogen-bond acceptors (Lipinski definition) is 2. The Bertz CT molecular complexity index is 488. The van der Waals surface area contributed by atoms with Crippen LogP contribution in [-0.4, -0.2) is 22.8 Å². The van der Waals surface area contributed by atoms with Gasteiger partial charge in [0, 0.05) is 11.8 Å². The fourth-order valence-corrected chi connectivity index (χ4v) is 5.20. The van der Waals surface area contributed by atoms with Crippen LogP contribution in [0.25, 0.3) is 0 Å². The Hall–Kier alpha value is -0.795. The van der Waals surface area contributed by atoms with Crippen LogP contribution in [0.5, 0.6) is 0 Å². The van der Waals surface area contributed by atoms with E-state index in [1.54, 1.807) is 0 Å². The molecule has 3 nitrogen and oxygen atoms in total. The Labute approximate surface area is 208 Å². The normalized spacial score (nSPS) is 12.6. The Morgan fingerprint density at radius 1 is 0.545 bits per heavy atom. The van der Waals surface area contributed by atoms with E-state index >= 15 is 0 Å². The molecule has 1 aromatic heterocycles. The first-order chi connectivity index (χ1) is 16.2. The molecular formula is C29H58BN3. The van der Waals surface area contributed by atoms with Gasteiger partial charge in [-0.25, -0.2) is 0 Å². The number of hydrogen-bond donors (Lipinski definition) is 0. The molecule has 4 heteroatoms. The second-order valence-corrected chi connectivity index (χ2v) is 10.5. The van der Waals surface area contributed by atoms with E-state index in [1.165, 1.54) is 140 Å². The minimum atomic E-state index is 0.614. The van der Waals surface area contributed by atoms with Gasteiger partial charge in [0.2, 0.25) is 0 Å². The molecule has 1 atom stereocenters. The molecule has 0 bridgehead atoms. The van der Waals surface area contributed by atoms with Crippen molar-refractivity contribution >= 4 is 7.85 Å². The third-order valence-corrected chi connectivity index (χ3v) is 7.39. The van der Waals surface area contributed by atoms with Gasteiger partial charge in [-0.05, 0) is 32.6 Å². The van der Waals surface area contributed by atoms with Crippen LogP contribution in [0.2, 0.25) is 6.32 Å². The maximum Gasteiger partial charge on any atom is 0.101 e. The van der Waals surface area contributed by atoms with Crippen LogP contribution in [-0.2, 0) is 6.54 Å². The zero-order chi connectivity index (χ0) is 24.2. The fourth-order valence-electron chi connectivity index (χ4n) is 5.20.